The molecule has 10 heteroatoms. The Labute approximate surface area is 185 Å². The smallest absolute Gasteiger partial charge is 0.416 e. The Morgan fingerprint density at radius 3 is 2.15 bits per heavy atom. The number of nitrogens with zero attached hydrogens (tertiary/aromatic N) is 3. The van der Waals surface area contributed by atoms with E-state index in [1.54, 1.807) is 24.3 Å². The first-order valence-corrected chi connectivity index (χ1v) is 9.60. The third-order valence-electron chi connectivity index (χ3n) is 4.72. The lowest BCUT2D eigenvalue weighted by Gasteiger charge is -2.10. The van der Waals surface area contributed by atoms with E-state index < -0.39 is 23.5 Å². The Hall–Kier alpha value is -4.21. The molecule has 1 heterocycles. The van der Waals surface area contributed by atoms with Gasteiger partial charge in [0, 0.05) is 16.8 Å². The number of halogens is 4. The number of aromatic nitrogens is 3. The number of carbonyl (C=O) groups is 1. The van der Waals surface area contributed by atoms with Crippen molar-refractivity contribution in [2.75, 3.05) is 12.4 Å². The van der Waals surface area contributed by atoms with Gasteiger partial charge in [-0.05, 0) is 60.7 Å². The Kier molecular flexibility index (Phi) is 5.82. The highest BCUT2D eigenvalue weighted by molar-refractivity contribution is 6.04. The largest absolute Gasteiger partial charge is 0.466 e. The average molecular weight is 456 g/mol. The van der Waals surface area contributed by atoms with Gasteiger partial charge in [0.15, 0.2) is 5.82 Å². The number of alkyl halides is 3. The molecule has 0 aliphatic heterocycles. The highest BCUT2D eigenvalue weighted by atomic mass is 19.4. The van der Waals surface area contributed by atoms with Crippen LogP contribution in [0, 0.1) is 5.82 Å². The molecule has 0 unspecified atom stereocenters. The monoisotopic (exact) mass is 456 g/mol. The van der Waals surface area contributed by atoms with Gasteiger partial charge in [-0.25, -0.2) is 9.07 Å². The van der Waals surface area contributed by atoms with Gasteiger partial charge in [0.25, 0.3) is 5.91 Å². The van der Waals surface area contributed by atoms with Crippen molar-refractivity contribution in [1.82, 2.24) is 14.8 Å². The number of amides is 1. The van der Waals surface area contributed by atoms with Crippen molar-refractivity contribution in [3.63, 3.8) is 0 Å². The van der Waals surface area contributed by atoms with Gasteiger partial charge in [-0.1, -0.05) is 12.1 Å². The average Bonchev–Trinajstić information content (AvgIpc) is 3.24. The Morgan fingerprint density at radius 2 is 1.58 bits per heavy atom. The molecule has 1 amide bonds. The van der Waals surface area contributed by atoms with E-state index in [4.69, 9.17) is 4.74 Å². The van der Waals surface area contributed by atoms with Crippen LogP contribution in [0.3, 0.4) is 0 Å². The number of ether oxygens (including phenoxy) is 1. The third-order valence-corrected chi connectivity index (χ3v) is 4.72. The van der Waals surface area contributed by atoms with Crippen LogP contribution < -0.4 is 10.1 Å². The summed E-state index contributed by atoms with van der Waals surface area (Å²) in [5.41, 5.74) is 0.959. The van der Waals surface area contributed by atoms with Crippen molar-refractivity contribution in [3.8, 4) is 23.1 Å². The maximum Gasteiger partial charge on any atom is 0.416 e. The summed E-state index contributed by atoms with van der Waals surface area (Å²) in [6.45, 7) is 0. The van der Waals surface area contributed by atoms with Crippen LogP contribution in [0.2, 0.25) is 0 Å². The first kappa shape index (κ1) is 22.0. The van der Waals surface area contributed by atoms with Crippen LogP contribution in [0.1, 0.15) is 15.9 Å². The number of methoxy groups -OCH3 is 1. The fourth-order valence-corrected chi connectivity index (χ4v) is 3.05. The van der Waals surface area contributed by atoms with Gasteiger partial charge >= 0.3 is 12.2 Å². The van der Waals surface area contributed by atoms with Crippen LogP contribution in [0.25, 0.3) is 17.1 Å². The molecule has 3 aromatic carbocycles. The van der Waals surface area contributed by atoms with Crippen molar-refractivity contribution in [1.29, 1.82) is 0 Å². The summed E-state index contributed by atoms with van der Waals surface area (Å²) in [5.74, 6) is -0.567. The summed E-state index contributed by atoms with van der Waals surface area (Å²) >= 11 is 0. The molecule has 0 saturated carbocycles. The first-order chi connectivity index (χ1) is 15.7. The maximum absolute atomic E-state index is 13.0. The fraction of sp³-hybridized carbons (Fsp3) is 0.0870. The van der Waals surface area contributed by atoms with E-state index in [9.17, 15) is 22.4 Å². The second-order valence-corrected chi connectivity index (χ2v) is 6.92. The summed E-state index contributed by atoms with van der Waals surface area (Å²) in [6.07, 6.45) is -4.45. The van der Waals surface area contributed by atoms with Gasteiger partial charge in [0.2, 0.25) is 0 Å². The summed E-state index contributed by atoms with van der Waals surface area (Å²) in [5, 5.41) is 6.93. The SMILES string of the molecule is COc1nc(-c2ccc(C(F)(F)F)cc2)n(-c2ccc(NC(=O)c3ccc(F)cc3)cc2)n1. The van der Waals surface area contributed by atoms with Gasteiger partial charge in [-0.2, -0.15) is 18.2 Å². The number of anilines is 1. The molecule has 1 aromatic heterocycles. The number of benzene rings is 3. The zero-order chi connectivity index (χ0) is 23.6. The number of nitrogens with one attached hydrogen (secondary N) is 1. The van der Waals surface area contributed by atoms with Crippen LogP contribution in [0.15, 0.2) is 72.8 Å². The lowest BCUT2D eigenvalue weighted by Crippen LogP contribution is -2.11. The minimum atomic E-state index is -4.45. The molecule has 0 saturated heterocycles. The quantitative estimate of drug-likeness (QED) is 0.411. The Bertz CT molecular complexity index is 1270. The van der Waals surface area contributed by atoms with Crippen molar-refractivity contribution >= 4 is 11.6 Å². The highest BCUT2D eigenvalue weighted by Crippen LogP contribution is 2.31. The molecule has 6 nitrogen and oxygen atoms in total. The minimum absolute atomic E-state index is 0.0404. The molecule has 0 atom stereocenters. The second kappa shape index (κ2) is 8.73. The molecule has 0 radical (unpaired) electrons. The van der Waals surface area contributed by atoms with E-state index in [1.165, 1.54) is 48.2 Å². The molecular weight excluding hydrogens is 440 g/mol. The fourth-order valence-electron chi connectivity index (χ4n) is 3.05. The van der Waals surface area contributed by atoms with Crippen molar-refractivity contribution in [3.05, 3.63) is 89.7 Å². The summed E-state index contributed by atoms with van der Waals surface area (Å²) in [7, 11) is 1.38. The second-order valence-electron chi connectivity index (χ2n) is 6.92. The van der Waals surface area contributed by atoms with Crippen molar-refractivity contribution in [2.24, 2.45) is 0 Å². The van der Waals surface area contributed by atoms with Crippen molar-refractivity contribution in [2.45, 2.75) is 6.18 Å². The summed E-state index contributed by atoms with van der Waals surface area (Å²) < 4.78 is 58.2. The van der Waals surface area contributed by atoms with Gasteiger partial charge in [0.1, 0.15) is 5.82 Å². The molecule has 0 fully saturated rings. The van der Waals surface area contributed by atoms with Crippen LogP contribution in [-0.4, -0.2) is 27.8 Å². The molecule has 4 aromatic rings. The van der Waals surface area contributed by atoms with Gasteiger partial charge in [-0.15, -0.1) is 5.10 Å². The third kappa shape index (κ3) is 4.84. The molecule has 0 bridgehead atoms. The molecule has 0 aliphatic rings. The Balaban J connectivity index is 1.59. The van der Waals surface area contributed by atoms with Crippen molar-refractivity contribution < 1.29 is 27.1 Å². The lowest BCUT2D eigenvalue weighted by atomic mass is 10.1. The van der Waals surface area contributed by atoms with Gasteiger partial charge in [0.05, 0.1) is 18.4 Å². The minimum Gasteiger partial charge on any atom is -0.466 e. The van der Waals surface area contributed by atoms with Gasteiger partial charge in [-0.3, -0.25) is 4.79 Å². The van der Waals surface area contributed by atoms with E-state index in [2.05, 4.69) is 15.4 Å². The van der Waals surface area contributed by atoms with Gasteiger partial charge < -0.3 is 10.1 Å². The van der Waals surface area contributed by atoms with Crippen LogP contribution in [0.5, 0.6) is 6.01 Å². The molecule has 0 aliphatic carbocycles. The number of rotatable bonds is 5. The number of carbonyl (C=O) groups excluding carboxylic acids is 1. The molecular formula is C23H16F4N4O2. The van der Waals surface area contributed by atoms with E-state index in [1.807, 2.05) is 0 Å². The van der Waals surface area contributed by atoms with E-state index in [0.717, 1.165) is 12.1 Å². The molecule has 4 rings (SSSR count). The molecule has 33 heavy (non-hydrogen) atoms. The first-order valence-electron chi connectivity index (χ1n) is 9.60. The highest BCUT2D eigenvalue weighted by Gasteiger charge is 2.30. The summed E-state index contributed by atoms with van der Waals surface area (Å²) in [4.78, 5) is 16.5. The topological polar surface area (TPSA) is 69.0 Å². The lowest BCUT2D eigenvalue weighted by molar-refractivity contribution is -0.137. The predicted octanol–water partition coefficient (Wildman–Crippen LogP) is 5.35. The zero-order valence-corrected chi connectivity index (χ0v) is 17.1. The summed E-state index contributed by atoms with van der Waals surface area (Å²) in [6, 6.07) is 16.3. The Morgan fingerprint density at radius 1 is 0.939 bits per heavy atom. The van der Waals surface area contributed by atoms with E-state index in [-0.39, 0.29) is 11.8 Å². The normalized spacial score (nSPS) is 11.3. The molecule has 0 spiro atoms. The molecule has 1 N–H and O–H groups in total. The standard InChI is InChI=1S/C23H16F4N4O2/c1-33-22-29-20(14-2-6-16(7-3-14)23(25,26)27)31(30-22)19-12-10-18(11-13-19)28-21(32)15-4-8-17(24)9-5-15/h2-13H,1H3,(H,28,32). The van der Waals surface area contributed by atoms with Crippen LogP contribution in [-0.2, 0) is 6.18 Å². The predicted molar refractivity (Wildman–Crippen MR) is 113 cm³/mol. The van der Waals surface area contributed by atoms with E-state index in [0.29, 0.717) is 22.5 Å². The van der Waals surface area contributed by atoms with Crippen LogP contribution in [0.4, 0.5) is 23.2 Å². The number of hydrogen-bond donors (Lipinski definition) is 1. The zero-order valence-electron chi connectivity index (χ0n) is 17.1. The molecule has 168 valence electrons. The maximum atomic E-state index is 13.0. The van der Waals surface area contributed by atoms with E-state index >= 15 is 0 Å². The van der Waals surface area contributed by atoms with Crippen LogP contribution >= 0.6 is 0 Å². The number of hydrogen-bond acceptors (Lipinski definition) is 4.